The Labute approximate surface area is 115 Å². The summed E-state index contributed by atoms with van der Waals surface area (Å²) in [6, 6.07) is 4.42. The van der Waals surface area contributed by atoms with Gasteiger partial charge in [0.2, 0.25) is 0 Å². The van der Waals surface area contributed by atoms with Crippen LogP contribution in [0, 0.1) is 0 Å². The number of carbonyl (C=O) groups excluding carboxylic acids is 2. The van der Waals surface area contributed by atoms with Crippen molar-refractivity contribution in [2.24, 2.45) is 0 Å². The molecule has 0 aromatic heterocycles. The van der Waals surface area contributed by atoms with Gasteiger partial charge in [0.15, 0.2) is 6.61 Å². The molecule has 7 heteroatoms. The number of rotatable bonds is 6. The number of amides is 1. The number of anilines is 1. The first-order valence-electron chi connectivity index (χ1n) is 5.52. The molecule has 0 aliphatic rings. The minimum Gasteiger partial charge on any atom is -0.452 e. The molecule has 0 radical (unpaired) electrons. The van der Waals surface area contributed by atoms with E-state index in [0.717, 1.165) is 0 Å². The molecule has 0 spiro atoms. The van der Waals surface area contributed by atoms with Crippen molar-refractivity contribution in [3.8, 4) is 0 Å². The highest BCUT2D eigenvalue weighted by Gasteiger charge is 2.13. The monoisotopic (exact) mass is 286 g/mol. The van der Waals surface area contributed by atoms with Crippen molar-refractivity contribution in [1.82, 2.24) is 5.32 Å². The maximum atomic E-state index is 11.7. The molecule has 0 atom stereocenters. The van der Waals surface area contributed by atoms with Crippen molar-refractivity contribution >= 4 is 29.2 Å². The third-order valence-corrected chi connectivity index (χ3v) is 2.49. The maximum absolute atomic E-state index is 11.7. The molecule has 1 aromatic carbocycles. The molecule has 0 saturated heterocycles. The number of halogens is 1. The first kappa shape index (κ1) is 15.3. The van der Waals surface area contributed by atoms with E-state index in [4.69, 9.17) is 26.8 Å². The normalized spacial score (nSPS) is 10.0. The van der Waals surface area contributed by atoms with E-state index < -0.39 is 11.9 Å². The van der Waals surface area contributed by atoms with Gasteiger partial charge in [-0.1, -0.05) is 11.6 Å². The van der Waals surface area contributed by atoms with Crippen LogP contribution in [0.1, 0.15) is 10.4 Å². The lowest BCUT2D eigenvalue weighted by Crippen LogP contribution is -2.31. The zero-order valence-corrected chi connectivity index (χ0v) is 11.2. The molecular formula is C12H15ClN2O4. The Morgan fingerprint density at radius 2 is 2.16 bits per heavy atom. The summed E-state index contributed by atoms with van der Waals surface area (Å²) in [5.74, 6) is -1.08. The average Bonchev–Trinajstić information content (AvgIpc) is 2.36. The molecular weight excluding hydrogens is 272 g/mol. The molecule has 3 N–H and O–H groups in total. The van der Waals surface area contributed by atoms with E-state index in [1.165, 1.54) is 25.3 Å². The van der Waals surface area contributed by atoms with Crippen LogP contribution in [-0.2, 0) is 14.3 Å². The molecule has 0 fully saturated rings. The van der Waals surface area contributed by atoms with Crippen molar-refractivity contribution in [1.29, 1.82) is 0 Å². The Bertz CT molecular complexity index is 465. The van der Waals surface area contributed by atoms with Gasteiger partial charge in [-0.05, 0) is 18.2 Å². The minimum atomic E-state index is -0.674. The number of benzene rings is 1. The number of carbonyl (C=O) groups is 2. The van der Waals surface area contributed by atoms with Gasteiger partial charge >= 0.3 is 5.97 Å². The predicted octanol–water partition coefficient (Wildman–Crippen LogP) is 0.842. The number of methoxy groups -OCH3 is 1. The van der Waals surface area contributed by atoms with Crippen LogP contribution in [0.25, 0.3) is 0 Å². The third kappa shape index (κ3) is 5.15. The van der Waals surface area contributed by atoms with Crippen LogP contribution in [0.15, 0.2) is 18.2 Å². The zero-order valence-electron chi connectivity index (χ0n) is 10.4. The summed E-state index contributed by atoms with van der Waals surface area (Å²) in [7, 11) is 1.52. The van der Waals surface area contributed by atoms with E-state index in [2.05, 4.69) is 5.32 Å². The van der Waals surface area contributed by atoms with Gasteiger partial charge in [0.05, 0.1) is 17.2 Å². The third-order valence-electron chi connectivity index (χ3n) is 2.18. The maximum Gasteiger partial charge on any atom is 0.340 e. The van der Waals surface area contributed by atoms with E-state index in [0.29, 0.717) is 18.8 Å². The van der Waals surface area contributed by atoms with Gasteiger partial charge in [0.25, 0.3) is 5.91 Å². The van der Waals surface area contributed by atoms with E-state index in [9.17, 15) is 9.59 Å². The van der Waals surface area contributed by atoms with Gasteiger partial charge in [0, 0.05) is 19.3 Å². The second-order valence-electron chi connectivity index (χ2n) is 3.66. The highest BCUT2D eigenvalue weighted by Crippen LogP contribution is 2.19. The van der Waals surface area contributed by atoms with Gasteiger partial charge in [-0.2, -0.15) is 0 Å². The fourth-order valence-electron chi connectivity index (χ4n) is 1.25. The first-order chi connectivity index (χ1) is 9.04. The lowest BCUT2D eigenvalue weighted by atomic mass is 10.2. The Hall–Kier alpha value is -1.79. The van der Waals surface area contributed by atoms with Gasteiger partial charge in [0.1, 0.15) is 0 Å². The Kier molecular flexibility index (Phi) is 6.11. The standard InChI is InChI=1S/C12H15ClN2O4/c1-18-5-4-15-11(16)7-19-12(17)9-3-2-8(14)6-10(9)13/h2-3,6H,4-5,7,14H2,1H3,(H,15,16). The molecule has 0 aliphatic heterocycles. The number of nitrogens with one attached hydrogen (secondary N) is 1. The van der Waals surface area contributed by atoms with Gasteiger partial charge in [-0.15, -0.1) is 0 Å². The molecule has 0 bridgehead atoms. The van der Waals surface area contributed by atoms with E-state index in [1.807, 2.05) is 0 Å². The second-order valence-corrected chi connectivity index (χ2v) is 4.07. The summed E-state index contributed by atoms with van der Waals surface area (Å²) in [5.41, 5.74) is 6.12. The molecule has 0 aliphatic carbocycles. The first-order valence-corrected chi connectivity index (χ1v) is 5.90. The molecule has 19 heavy (non-hydrogen) atoms. The summed E-state index contributed by atoms with van der Waals surface area (Å²) < 4.78 is 9.59. The average molecular weight is 287 g/mol. The molecule has 104 valence electrons. The molecule has 1 aromatic rings. The van der Waals surface area contributed by atoms with Crippen molar-refractivity contribution in [2.45, 2.75) is 0 Å². The van der Waals surface area contributed by atoms with Crippen LogP contribution in [0.5, 0.6) is 0 Å². The van der Waals surface area contributed by atoms with E-state index in [-0.39, 0.29) is 17.2 Å². The lowest BCUT2D eigenvalue weighted by Gasteiger charge is -2.07. The fourth-order valence-corrected chi connectivity index (χ4v) is 1.52. The second kappa shape index (κ2) is 7.60. The highest BCUT2D eigenvalue weighted by molar-refractivity contribution is 6.33. The zero-order chi connectivity index (χ0) is 14.3. The van der Waals surface area contributed by atoms with Crippen molar-refractivity contribution < 1.29 is 19.1 Å². The smallest absolute Gasteiger partial charge is 0.340 e. The number of nitrogens with two attached hydrogens (primary N) is 1. The van der Waals surface area contributed by atoms with Gasteiger partial charge in [-0.25, -0.2) is 4.79 Å². The fraction of sp³-hybridized carbons (Fsp3) is 0.333. The lowest BCUT2D eigenvalue weighted by molar-refractivity contribution is -0.124. The van der Waals surface area contributed by atoms with Gasteiger partial charge < -0.3 is 20.5 Å². The van der Waals surface area contributed by atoms with Crippen LogP contribution < -0.4 is 11.1 Å². The summed E-state index contributed by atoms with van der Waals surface area (Å²) in [4.78, 5) is 23.0. The van der Waals surface area contributed by atoms with Crippen LogP contribution in [0.3, 0.4) is 0 Å². The predicted molar refractivity (Wildman–Crippen MR) is 71.0 cm³/mol. The van der Waals surface area contributed by atoms with Crippen molar-refractivity contribution in [3.05, 3.63) is 28.8 Å². The topological polar surface area (TPSA) is 90.6 Å². The molecule has 0 unspecified atom stereocenters. The number of nitrogen functional groups attached to an aromatic ring is 1. The Morgan fingerprint density at radius 1 is 1.42 bits per heavy atom. The quantitative estimate of drug-likeness (QED) is 0.459. The number of ether oxygens (including phenoxy) is 2. The van der Waals surface area contributed by atoms with Crippen LogP contribution >= 0.6 is 11.6 Å². The number of hydrogen-bond donors (Lipinski definition) is 2. The summed E-state index contributed by atoms with van der Waals surface area (Å²) >= 11 is 5.84. The largest absolute Gasteiger partial charge is 0.452 e. The summed E-state index contributed by atoms with van der Waals surface area (Å²) in [6.07, 6.45) is 0. The summed E-state index contributed by atoms with van der Waals surface area (Å²) in [6.45, 7) is 0.377. The van der Waals surface area contributed by atoms with Crippen molar-refractivity contribution in [3.63, 3.8) is 0 Å². The minimum absolute atomic E-state index is 0.167. The number of esters is 1. The SMILES string of the molecule is COCCNC(=O)COC(=O)c1ccc(N)cc1Cl. The number of hydrogen-bond acceptors (Lipinski definition) is 5. The van der Waals surface area contributed by atoms with Crippen LogP contribution in [-0.4, -0.2) is 38.7 Å². The molecule has 1 amide bonds. The Morgan fingerprint density at radius 3 is 2.79 bits per heavy atom. The molecule has 6 nitrogen and oxygen atoms in total. The van der Waals surface area contributed by atoms with E-state index in [1.54, 1.807) is 0 Å². The van der Waals surface area contributed by atoms with E-state index >= 15 is 0 Å². The van der Waals surface area contributed by atoms with Crippen LogP contribution in [0.4, 0.5) is 5.69 Å². The van der Waals surface area contributed by atoms with Gasteiger partial charge in [-0.3, -0.25) is 4.79 Å². The Balaban J connectivity index is 2.45. The molecule has 0 saturated carbocycles. The molecule has 1 rings (SSSR count). The summed E-state index contributed by atoms with van der Waals surface area (Å²) in [5, 5.41) is 2.70. The van der Waals surface area contributed by atoms with Crippen molar-refractivity contribution in [2.75, 3.05) is 32.6 Å². The van der Waals surface area contributed by atoms with Crippen LogP contribution in [0.2, 0.25) is 5.02 Å². The highest BCUT2D eigenvalue weighted by atomic mass is 35.5. The molecule has 0 heterocycles.